The summed E-state index contributed by atoms with van der Waals surface area (Å²) < 4.78 is 5.31. The molecule has 0 aliphatic heterocycles. The number of carbonyl (C=O) groups is 3. The number of fused-ring (bicyclic) bond motifs is 1. The Hall–Kier alpha value is -4.29. The van der Waals surface area contributed by atoms with Gasteiger partial charge in [0.25, 0.3) is 0 Å². The van der Waals surface area contributed by atoms with Crippen LogP contribution in [0.1, 0.15) is 69.3 Å². The molecule has 1 fully saturated rings. The highest BCUT2D eigenvalue weighted by molar-refractivity contribution is 7.13. The number of imidazole rings is 1. The molecule has 12 heteroatoms. The molecule has 4 atom stereocenters. The maximum absolute atomic E-state index is 14.2. The zero-order chi connectivity index (χ0) is 34.0. The molecule has 1 aliphatic rings. The van der Waals surface area contributed by atoms with Crippen molar-refractivity contribution in [2.24, 2.45) is 11.8 Å². The van der Waals surface area contributed by atoms with Gasteiger partial charge in [-0.3, -0.25) is 9.59 Å². The number of aliphatic hydroxyl groups excluding tert-OH is 1. The standard InChI is InChI=1S/C36H46N6O5S/c1-22(2)47-35(46)32(43)30(15-23-9-4-3-5-10-23)41-34(45)31(18-27-19-38-21-39-27)42-33(44)26(17-28-20-48-36(37)40-28)16-25-13-8-12-24-11-6-7-14-29(24)25/h6-8,11-14,19-23,26,30-32,43H,3-5,9-10,15-18H2,1-2H3,(H2,37,40)(H,38,39)(H,41,45)(H,42,44)/t26?,30-,31-,32?/m0/s1. The summed E-state index contributed by atoms with van der Waals surface area (Å²) in [5.74, 6) is -1.94. The SMILES string of the molecule is CC(C)OC(=O)C(O)[C@H](CC1CCCCC1)NC(=O)[C@H](Cc1c[nH]cn1)NC(=O)C(Cc1csc(N)n1)Cc1cccc2ccccc12. The fourth-order valence-corrected chi connectivity index (χ4v) is 7.15. The third-order valence-corrected chi connectivity index (χ3v) is 9.68. The van der Waals surface area contributed by atoms with E-state index in [-0.39, 0.29) is 18.2 Å². The van der Waals surface area contributed by atoms with E-state index in [2.05, 4.69) is 25.6 Å². The van der Waals surface area contributed by atoms with Crippen LogP contribution in [0, 0.1) is 11.8 Å². The smallest absolute Gasteiger partial charge is 0.337 e. The van der Waals surface area contributed by atoms with Crippen LogP contribution in [0.2, 0.25) is 0 Å². The zero-order valence-corrected chi connectivity index (χ0v) is 28.4. The highest BCUT2D eigenvalue weighted by Gasteiger charge is 2.35. The van der Waals surface area contributed by atoms with Crippen LogP contribution in [0.3, 0.4) is 0 Å². The van der Waals surface area contributed by atoms with E-state index in [0.717, 1.165) is 48.4 Å². The summed E-state index contributed by atoms with van der Waals surface area (Å²) in [6.07, 6.45) is 7.69. The Kier molecular flexibility index (Phi) is 12.2. The number of hydrogen-bond donors (Lipinski definition) is 5. The molecule has 11 nitrogen and oxygen atoms in total. The molecule has 0 spiro atoms. The first-order valence-corrected chi connectivity index (χ1v) is 17.7. The Morgan fingerprint density at radius 3 is 2.48 bits per heavy atom. The number of thiazole rings is 1. The molecule has 5 rings (SSSR count). The van der Waals surface area contributed by atoms with Gasteiger partial charge in [0.2, 0.25) is 11.8 Å². The minimum atomic E-state index is -1.55. The van der Waals surface area contributed by atoms with Crippen LogP contribution < -0.4 is 16.4 Å². The number of nitrogens with one attached hydrogen (secondary N) is 3. The lowest BCUT2D eigenvalue weighted by molar-refractivity contribution is -0.159. The van der Waals surface area contributed by atoms with Crippen LogP contribution >= 0.6 is 11.3 Å². The average Bonchev–Trinajstić information content (AvgIpc) is 3.75. The number of benzene rings is 2. The van der Waals surface area contributed by atoms with Gasteiger partial charge in [0, 0.05) is 30.3 Å². The number of aromatic amines is 1. The van der Waals surface area contributed by atoms with Crippen molar-refractivity contribution in [3.8, 4) is 0 Å². The lowest BCUT2D eigenvalue weighted by Crippen LogP contribution is -2.56. The second kappa shape index (κ2) is 16.7. The van der Waals surface area contributed by atoms with Gasteiger partial charge in [-0.05, 0) is 48.9 Å². The molecule has 2 amide bonds. The lowest BCUT2D eigenvalue weighted by atomic mass is 9.83. The molecule has 256 valence electrons. The number of nitrogen functional groups attached to an aromatic ring is 1. The first kappa shape index (κ1) is 35.0. The molecule has 2 aromatic carbocycles. The Balaban J connectivity index is 1.39. The number of H-pyrrole nitrogens is 1. The van der Waals surface area contributed by atoms with Crippen LogP contribution in [-0.2, 0) is 38.4 Å². The van der Waals surface area contributed by atoms with Crippen molar-refractivity contribution in [3.63, 3.8) is 0 Å². The molecule has 0 saturated heterocycles. The fraction of sp³-hybridized carbons (Fsp3) is 0.472. The van der Waals surface area contributed by atoms with Crippen molar-refractivity contribution in [3.05, 3.63) is 77.3 Å². The van der Waals surface area contributed by atoms with Gasteiger partial charge in [-0.15, -0.1) is 11.3 Å². The molecular weight excluding hydrogens is 628 g/mol. The number of aliphatic hydroxyl groups is 1. The van der Waals surface area contributed by atoms with E-state index in [9.17, 15) is 19.5 Å². The molecule has 1 aliphatic carbocycles. The van der Waals surface area contributed by atoms with Crippen molar-refractivity contribution >= 4 is 45.0 Å². The second-order valence-corrected chi connectivity index (χ2v) is 13.9. The van der Waals surface area contributed by atoms with Gasteiger partial charge in [-0.2, -0.15) is 0 Å². The number of rotatable bonds is 15. The van der Waals surface area contributed by atoms with Crippen LogP contribution in [0.5, 0.6) is 0 Å². The van der Waals surface area contributed by atoms with E-state index in [0.29, 0.717) is 35.8 Å². The number of esters is 1. The van der Waals surface area contributed by atoms with Gasteiger partial charge in [-0.25, -0.2) is 14.8 Å². The van der Waals surface area contributed by atoms with Crippen molar-refractivity contribution in [1.82, 2.24) is 25.6 Å². The minimum Gasteiger partial charge on any atom is -0.461 e. The lowest BCUT2D eigenvalue weighted by Gasteiger charge is -2.31. The van der Waals surface area contributed by atoms with Gasteiger partial charge in [-0.1, -0.05) is 74.6 Å². The third-order valence-electron chi connectivity index (χ3n) is 8.96. The molecule has 2 aromatic heterocycles. The number of amides is 2. The molecule has 0 radical (unpaired) electrons. The highest BCUT2D eigenvalue weighted by atomic mass is 32.1. The minimum absolute atomic E-state index is 0.106. The number of hydrogen-bond acceptors (Lipinski definition) is 9. The van der Waals surface area contributed by atoms with Gasteiger partial charge in [0.15, 0.2) is 11.2 Å². The number of aromatic nitrogens is 3. The van der Waals surface area contributed by atoms with Crippen LogP contribution in [0.4, 0.5) is 5.13 Å². The number of carbonyl (C=O) groups excluding carboxylic acids is 3. The maximum atomic E-state index is 14.2. The fourth-order valence-electron chi connectivity index (χ4n) is 6.57. The molecule has 2 unspecified atom stereocenters. The molecule has 1 saturated carbocycles. The second-order valence-electron chi connectivity index (χ2n) is 13.0. The van der Waals surface area contributed by atoms with Crippen molar-refractivity contribution < 1.29 is 24.2 Å². The van der Waals surface area contributed by atoms with E-state index in [1.54, 1.807) is 20.0 Å². The Bertz CT molecular complexity index is 1650. The normalized spacial score (nSPS) is 16.2. The monoisotopic (exact) mass is 674 g/mol. The summed E-state index contributed by atoms with van der Waals surface area (Å²) in [4.78, 5) is 52.7. The maximum Gasteiger partial charge on any atom is 0.337 e. The summed E-state index contributed by atoms with van der Waals surface area (Å²) in [6.45, 7) is 3.42. The number of nitrogens with zero attached hydrogens (tertiary/aromatic N) is 2. The van der Waals surface area contributed by atoms with E-state index >= 15 is 0 Å². The van der Waals surface area contributed by atoms with Gasteiger partial charge < -0.3 is 31.2 Å². The Morgan fingerprint density at radius 1 is 1.00 bits per heavy atom. The summed E-state index contributed by atoms with van der Waals surface area (Å²) in [6, 6.07) is 12.1. The predicted octanol–water partition coefficient (Wildman–Crippen LogP) is 4.50. The Labute approximate surface area is 285 Å². The van der Waals surface area contributed by atoms with E-state index in [4.69, 9.17) is 10.5 Å². The molecule has 0 bridgehead atoms. The van der Waals surface area contributed by atoms with Crippen molar-refractivity contribution in [2.75, 3.05) is 5.73 Å². The average molecular weight is 675 g/mol. The van der Waals surface area contributed by atoms with Crippen molar-refractivity contribution in [1.29, 1.82) is 0 Å². The van der Waals surface area contributed by atoms with Gasteiger partial charge in [0.1, 0.15) is 6.04 Å². The van der Waals surface area contributed by atoms with Crippen molar-refractivity contribution in [2.45, 2.75) is 95.9 Å². The highest BCUT2D eigenvalue weighted by Crippen LogP contribution is 2.29. The number of nitrogens with two attached hydrogens (primary N) is 1. The topological polar surface area (TPSA) is 172 Å². The van der Waals surface area contributed by atoms with E-state index in [1.807, 2.05) is 47.8 Å². The first-order chi connectivity index (χ1) is 23.2. The molecule has 6 N–H and O–H groups in total. The summed E-state index contributed by atoms with van der Waals surface area (Å²) >= 11 is 1.32. The summed E-state index contributed by atoms with van der Waals surface area (Å²) in [5, 5.41) is 21.4. The third kappa shape index (κ3) is 9.63. The zero-order valence-electron chi connectivity index (χ0n) is 27.6. The van der Waals surface area contributed by atoms with E-state index < -0.39 is 42.1 Å². The first-order valence-electron chi connectivity index (χ1n) is 16.8. The number of ether oxygens (including phenoxy) is 1. The van der Waals surface area contributed by atoms with Crippen LogP contribution in [0.15, 0.2) is 60.4 Å². The molecular formula is C36H46N6O5S. The molecule has 4 aromatic rings. The molecule has 48 heavy (non-hydrogen) atoms. The molecule has 2 heterocycles. The van der Waals surface area contributed by atoms with Gasteiger partial charge in [0.05, 0.1) is 29.9 Å². The largest absolute Gasteiger partial charge is 0.461 e. The van der Waals surface area contributed by atoms with Gasteiger partial charge >= 0.3 is 5.97 Å². The van der Waals surface area contributed by atoms with E-state index in [1.165, 1.54) is 17.7 Å². The quantitative estimate of drug-likeness (QED) is 0.115. The summed E-state index contributed by atoms with van der Waals surface area (Å²) in [5.41, 5.74) is 8.21. The Morgan fingerprint density at radius 2 is 1.77 bits per heavy atom. The summed E-state index contributed by atoms with van der Waals surface area (Å²) in [7, 11) is 0. The van der Waals surface area contributed by atoms with Crippen LogP contribution in [-0.4, -0.2) is 62.1 Å². The predicted molar refractivity (Wildman–Crippen MR) is 186 cm³/mol. The number of anilines is 1. The van der Waals surface area contributed by atoms with Crippen LogP contribution in [0.25, 0.3) is 10.8 Å².